The molecule has 0 spiro atoms. The fourth-order valence-electron chi connectivity index (χ4n) is 3.15. The van der Waals surface area contributed by atoms with Crippen LogP contribution in [0.3, 0.4) is 0 Å². The van der Waals surface area contributed by atoms with Gasteiger partial charge in [-0.1, -0.05) is 29.3 Å². The smallest absolute Gasteiger partial charge is 0.280 e. The lowest BCUT2D eigenvalue weighted by Crippen LogP contribution is -2.05. The van der Waals surface area contributed by atoms with E-state index in [2.05, 4.69) is 31.2 Å². The summed E-state index contributed by atoms with van der Waals surface area (Å²) in [5.74, 6) is 1.57. The van der Waals surface area contributed by atoms with Crippen LogP contribution in [0.5, 0.6) is 0 Å². The van der Waals surface area contributed by atoms with E-state index in [4.69, 9.17) is 12.2 Å². The first-order valence-corrected chi connectivity index (χ1v) is 9.41. The lowest BCUT2D eigenvalue weighted by atomic mass is 10.0. The highest BCUT2D eigenvalue weighted by Gasteiger charge is 2.19. The van der Waals surface area contributed by atoms with Gasteiger partial charge in [-0.05, 0) is 30.7 Å². The van der Waals surface area contributed by atoms with Crippen molar-refractivity contribution in [2.45, 2.75) is 19.9 Å². The number of anilines is 1. The summed E-state index contributed by atoms with van der Waals surface area (Å²) in [5, 5.41) is 7.88. The number of rotatable bonds is 5. The van der Waals surface area contributed by atoms with E-state index in [-0.39, 0.29) is 35.3 Å². The highest BCUT2D eigenvalue weighted by Crippen LogP contribution is 2.28. The molecule has 0 aliphatic rings. The average Bonchev–Trinajstić information content (AvgIpc) is 3.24. The van der Waals surface area contributed by atoms with Crippen molar-refractivity contribution in [2.24, 2.45) is 0 Å². The monoisotopic (exact) mass is 435 g/mol. The number of aromatic nitrogens is 6. The molecule has 10 heteroatoms. The zero-order valence-corrected chi connectivity index (χ0v) is 16.8. The number of alkyl halides is 2. The van der Waals surface area contributed by atoms with Gasteiger partial charge < -0.3 is 5.73 Å². The molecule has 0 aliphatic heterocycles. The van der Waals surface area contributed by atoms with Crippen LogP contribution in [0.25, 0.3) is 22.8 Å². The number of hydrogen-bond acceptors (Lipinski definition) is 6. The maximum absolute atomic E-state index is 14.8. The first kappa shape index (κ1) is 21.0. The van der Waals surface area contributed by atoms with Crippen molar-refractivity contribution in [3.05, 3.63) is 70.9 Å². The van der Waals surface area contributed by atoms with Gasteiger partial charge in [-0.2, -0.15) is 0 Å². The summed E-state index contributed by atoms with van der Waals surface area (Å²) in [5.41, 5.74) is 7.77. The van der Waals surface area contributed by atoms with Crippen molar-refractivity contribution < 1.29 is 13.2 Å². The summed E-state index contributed by atoms with van der Waals surface area (Å²) in [4.78, 5) is 12.2. The zero-order chi connectivity index (χ0) is 22.8. The van der Waals surface area contributed by atoms with Gasteiger partial charge in [-0.3, -0.25) is 0 Å². The molecule has 0 radical (unpaired) electrons. The van der Waals surface area contributed by atoms with Crippen molar-refractivity contribution in [1.29, 1.82) is 0 Å². The predicted molar refractivity (Wildman–Crippen MR) is 112 cm³/mol. The maximum atomic E-state index is 14.8. The number of nitrogens with zero attached hydrogens (tertiary/aromatic N) is 6. The number of nitrogens with two attached hydrogens (primary N) is 1. The molecule has 4 rings (SSSR count). The minimum atomic E-state index is -2.69. The Morgan fingerprint density at radius 1 is 1.12 bits per heavy atom. The molecule has 0 saturated heterocycles. The third-order valence-corrected chi connectivity index (χ3v) is 4.76. The van der Waals surface area contributed by atoms with E-state index >= 15 is 0 Å². The van der Waals surface area contributed by atoms with Gasteiger partial charge in [0.15, 0.2) is 17.5 Å². The summed E-state index contributed by atoms with van der Waals surface area (Å²) >= 11 is 0. The number of benzene rings is 1. The van der Waals surface area contributed by atoms with Gasteiger partial charge in [0.25, 0.3) is 6.43 Å². The minimum absolute atomic E-state index is 0.0614. The molecule has 160 valence electrons. The van der Waals surface area contributed by atoms with Gasteiger partial charge in [-0.15, -0.1) is 11.5 Å². The molecule has 3 heterocycles. The van der Waals surface area contributed by atoms with Gasteiger partial charge in [0.2, 0.25) is 0 Å². The van der Waals surface area contributed by atoms with Gasteiger partial charge in [0.1, 0.15) is 17.1 Å². The number of terminal acetylenes is 1. The molecule has 4 aromatic rings. The van der Waals surface area contributed by atoms with E-state index in [1.54, 1.807) is 24.3 Å². The van der Waals surface area contributed by atoms with E-state index in [1.807, 2.05) is 6.92 Å². The molecule has 3 aromatic heterocycles. The Kier molecular flexibility index (Phi) is 5.55. The molecular formula is C22H16F3N7. The third kappa shape index (κ3) is 4.00. The van der Waals surface area contributed by atoms with Crippen molar-refractivity contribution in [3.8, 4) is 35.1 Å². The first-order valence-electron chi connectivity index (χ1n) is 9.41. The second kappa shape index (κ2) is 8.47. The molecule has 0 bridgehead atoms. The van der Waals surface area contributed by atoms with E-state index in [1.165, 1.54) is 23.0 Å². The van der Waals surface area contributed by atoms with Gasteiger partial charge in [-0.25, -0.2) is 32.8 Å². The normalized spacial score (nSPS) is 11.0. The molecule has 0 unspecified atom stereocenters. The van der Waals surface area contributed by atoms with E-state index in [0.29, 0.717) is 16.8 Å². The highest BCUT2D eigenvalue weighted by atomic mass is 19.3. The fraction of sp³-hybridized carbons (Fsp3) is 0.136. The summed E-state index contributed by atoms with van der Waals surface area (Å²) in [7, 11) is 0. The number of pyridine rings is 1. The fourth-order valence-corrected chi connectivity index (χ4v) is 3.15. The van der Waals surface area contributed by atoms with Crippen LogP contribution >= 0.6 is 0 Å². The van der Waals surface area contributed by atoms with Crippen molar-refractivity contribution in [1.82, 2.24) is 29.9 Å². The van der Waals surface area contributed by atoms with Crippen molar-refractivity contribution in [2.75, 3.05) is 5.73 Å². The second-order valence-electron chi connectivity index (χ2n) is 6.87. The Labute approximate surface area is 181 Å². The van der Waals surface area contributed by atoms with Gasteiger partial charge in [0.05, 0.1) is 18.4 Å². The van der Waals surface area contributed by atoms with Crippen molar-refractivity contribution >= 4 is 5.82 Å². The van der Waals surface area contributed by atoms with Crippen LogP contribution in [0.15, 0.2) is 42.6 Å². The largest absolute Gasteiger partial charge is 0.381 e. The molecule has 0 saturated carbocycles. The summed E-state index contributed by atoms with van der Waals surface area (Å²) < 4.78 is 41.8. The van der Waals surface area contributed by atoms with E-state index in [9.17, 15) is 13.2 Å². The molecule has 1 aromatic carbocycles. The lowest BCUT2D eigenvalue weighted by Gasteiger charge is -2.09. The third-order valence-electron chi connectivity index (χ3n) is 4.76. The number of hydrogen-bond donors (Lipinski definition) is 1. The van der Waals surface area contributed by atoms with Crippen LogP contribution in [0.1, 0.15) is 28.9 Å². The molecule has 0 fully saturated rings. The Morgan fingerprint density at radius 2 is 1.91 bits per heavy atom. The molecular weight excluding hydrogens is 419 g/mol. The number of nitrogen functional groups attached to an aromatic ring is 1. The Hall–Kier alpha value is -4.26. The maximum Gasteiger partial charge on any atom is 0.280 e. The Bertz CT molecular complexity index is 1340. The number of halogens is 3. The van der Waals surface area contributed by atoms with Crippen LogP contribution in [0.4, 0.5) is 19.0 Å². The predicted octanol–water partition coefficient (Wildman–Crippen LogP) is 3.79. The standard InChI is InChI=1S/C22H16F3N7/c1-3-13-6-4-8-15(12(13)2)22-28-19(18(23)21(26)29-22)17-11-32(31-30-17)10-14-7-5-9-16(27-14)20(24)25/h1,4-9,11,20H,10H2,2H3,(H2,26,28,29). The molecule has 0 aliphatic carbocycles. The van der Waals surface area contributed by atoms with Gasteiger partial charge >= 0.3 is 0 Å². The van der Waals surface area contributed by atoms with E-state index < -0.39 is 12.2 Å². The topological polar surface area (TPSA) is 95.4 Å². The highest BCUT2D eigenvalue weighted by molar-refractivity contribution is 5.69. The van der Waals surface area contributed by atoms with Crippen LogP contribution in [-0.4, -0.2) is 29.9 Å². The quantitative estimate of drug-likeness (QED) is 0.479. The van der Waals surface area contributed by atoms with Crippen LogP contribution in [0, 0.1) is 25.1 Å². The van der Waals surface area contributed by atoms with Crippen LogP contribution < -0.4 is 5.73 Å². The average molecular weight is 435 g/mol. The molecule has 0 atom stereocenters. The van der Waals surface area contributed by atoms with E-state index in [0.717, 1.165) is 5.56 Å². The zero-order valence-electron chi connectivity index (χ0n) is 16.8. The molecule has 2 N–H and O–H groups in total. The SMILES string of the molecule is C#Cc1cccc(-c2nc(N)c(F)c(-c3cn(Cc4cccc(C(F)F)n4)nn3)n2)c1C. The second-order valence-corrected chi connectivity index (χ2v) is 6.87. The first-order chi connectivity index (χ1) is 15.4. The van der Waals surface area contributed by atoms with Crippen LogP contribution in [0.2, 0.25) is 0 Å². The Morgan fingerprint density at radius 3 is 2.66 bits per heavy atom. The van der Waals surface area contributed by atoms with Crippen molar-refractivity contribution in [3.63, 3.8) is 0 Å². The summed E-state index contributed by atoms with van der Waals surface area (Å²) in [6.07, 6.45) is 4.26. The minimum Gasteiger partial charge on any atom is -0.381 e. The Balaban J connectivity index is 1.70. The molecule has 7 nitrogen and oxygen atoms in total. The lowest BCUT2D eigenvalue weighted by molar-refractivity contribution is 0.145. The van der Waals surface area contributed by atoms with Gasteiger partial charge in [0, 0.05) is 11.1 Å². The summed E-state index contributed by atoms with van der Waals surface area (Å²) in [6, 6.07) is 9.57. The summed E-state index contributed by atoms with van der Waals surface area (Å²) in [6.45, 7) is 1.87. The molecule has 32 heavy (non-hydrogen) atoms. The van der Waals surface area contributed by atoms with Crippen LogP contribution in [-0.2, 0) is 6.54 Å². The molecule has 0 amide bonds.